The molecule has 0 aromatic carbocycles. The van der Waals surface area contributed by atoms with E-state index < -0.39 is 0 Å². The van der Waals surface area contributed by atoms with Crippen LogP contribution in [-0.2, 0) is 9.53 Å². The second kappa shape index (κ2) is 5.67. The van der Waals surface area contributed by atoms with Crippen LogP contribution >= 0.6 is 0 Å². The zero-order valence-electron chi connectivity index (χ0n) is 5.72. The van der Waals surface area contributed by atoms with Crippen molar-refractivity contribution >= 4 is 13.8 Å². The van der Waals surface area contributed by atoms with Gasteiger partial charge < -0.3 is 4.74 Å². The van der Waals surface area contributed by atoms with Crippen LogP contribution in [0.15, 0.2) is 0 Å². The van der Waals surface area contributed by atoms with Gasteiger partial charge in [0.2, 0.25) is 0 Å². The molecule has 0 rings (SSSR count). The Bertz CT molecular complexity index is 83.1. The highest BCUT2D eigenvalue weighted by atomic mass is 16.5. The number of esters is 1. The van der Waals surface area contributed by atoms with Crippen LogP contribution in [0.4, 0.5) is 0 Å². The van der Waals surface area contributed by atoms with E-state index in [1.54, 1.807) is 0 Å². The van der Waals surface area contributed by atoms with Gasteiger partial charge in [-0.25, -0.2) is 0 Å². The van der Waals surface area contributed by atoms with Crippen molar-refractivity contribution < 1.29 is 9.53 Å². The first-order chi connectivity index (χ1) is 4.31. The average Bonchev–Trinajstić information content (AvgIpc) is 1.89. The summed E-state index contributed by atoms with van der Waals surface area (Å²) in [6, 6.07) is 0. The largest absolute Gasteiger partial charge is 0.466 e. The molecule has 0 saturated carbocycles. The zero-order chi connectivity index (χ0) is 7.11. The first-order valence-corrected chi connectivity index (χ1v) is 3.17. The number of ether oxygens (including phenoxy) is 1. The maximum absolute atomic E-state index is 10.3. The molecule has 0 bridgehead atoms. The third-order valence-electron chi connectivity index (χ3n) is 0.928. The Labute approximate surface area is 57.0 Å². The van der Waals surface area contributed by atoms with Gasteiger partial charge in [-0.05, 0) is 6.42 Å². The van der Waals surface area contributed by atoms with Crippen molar-refractivity contribution in [1.29, 1.82) is 0 Å². The van der Waals surface area contributed by atoms with Crippen LogP contribution in [0.2, 0.25) is 6.32 Å². The number of carbonyl (C=O) groups is 1. The molecule has 0 unspecified atom stereocenters. The number of hydrogen-bond acceptors (Lipinski definition) is 2. The van der Waals surface area contributed by atoms with E-state index in [1.165, 1.54) is 0 Å². The molecular formula is C6H11BO2. The summed E-state index contributed by atoms with van der Waals surface area (Å²) in [6.45, 7) is 2.54. The van der Waals surface area contributed by atoms with E-state index in [1.807, 2.05) is 6.92 Å². The molecule has 0 N–H and O–H groups in total. The summed E-state index contributed by atoms with van der Waals surface area (Å²) in [7, 11) is 4.98. The molecule has 0 aliphatic carbocycles. The van der Waals surface area contributed by atoms with Crippen molar-refractivity contribution in [2.45, 2.75) is 26.1 Å². The van der Waals surface area contributed by atoms with Crippen molar-refractivity contribution in [2.24, 2.45) is 0 Å². The van der Waals surface area contributed by atoms with E-state index in [4.69, 9.17) is 7.85 Å². The summed E-state index contributed by atoms with van der Waals surface area (Å²) in [5, 5.41) is 0. The summed E-state index contributed by atoms with van der Waals surface area (Å²) in [4.78, 5) is 10.3. The van der Waals surface area contributed by atoms with E-state index in [0.29, 0.717) is 6.61 Å². The van der Waals surface area contributed by atoms with Crippen molar-refractivity contribution in [2.75, 3.05) is 6.61 Å². The zero-order valence-corrected chi connectivity index (χ0v) is 5.72. The fourth-order valence-corrected chi connectivity index (χ4v) is 0.389. The molecular weight excluding hydrogens is 115 g/mol. The molecule has 0 spiro atoms. The normalized spacial score (nSPS) is 9.00. The number of carbonyl (C=O) groups excluding carboxylic acids is 1. The third-order valence-corrected chi connectivity index (χ3v) is 0.928. The molecule has 2 nitrogen and oxygen atoms in total. The Morgan fingerprint density at radius 3 is 2.78 bits per heavy atom. The van der Waals surface area contributed by atoms with Gasteiger partial charge in [-0.15, -0.1) is 0 Å². The molecule has 50 valence electrons. The minimum absolute atomic E-state index is 0.0102. The summed E-state index contributed by atoms with van der Waals surface area (Å²) in [5.74, 6) is -0.316. The van der Waals surface area contributed by atoms with Crippen LogP contribution in [0, 0.1) is 0 Å². The first kappa shape index (κ1) is 8.53. The molecule has 0 aromatic rings. The Kier molecular flexibility index (Phi) is 5.37. The lowest BCUT2D eigenvalue weighted by molar-refractivity contribution is -0.140. The molecule has 0 aliphatic heterocycles. The summed E-state index contributed by atoms with van der Waals surface area (Å²) in [6.07, 6.45) is 1.95. The van der Waals surface area contributed by atoms with Crippen LogP contribution in [0.3, 0.4) is 0 Å². The molecule has 0 amide bonds. The van der Waals surface area contributed by atoms with Gasteiger partial charge in [0, 0.05) is 6.32 Å². The van der Waals surface area contributed by atoms with E-state index in [0.717, 1.165) is 12.8 Å². The molecule has 9 heavy (non-hydrogen) atoms. The lowest BCUT2D eigenvalue weighted by atomic mass is 10.1. The van der Waals surface area contributed by atoms with Gasteiger partial charge in [-0.2, -0.15) is 0 Å². The maximum atomic E-state index is 10.3. The van der Waals surface area contributed by atoms with Crippen molar-refractivity contribution in [3.63, 3.8) is 0 Å². The van der Waals surface area contributed by atoms with Crippen molar-refractivity contribution in [3.8, 4) is 0 Å². The standard InChI is InChI=1S/C6H11BO2/c1-2-3-4-9-6(8)5-7/h2-5H2,1H3. The molecule has 2 radical (unpaired) electrons. The highest BCUT2D eigenvalue weighted by Crippen LogP contribution is 1.89. The van der Waals surface area contributed by atoms with E-state index in [2.05, 4.69) is 4.74 Å². The minimum Gasteiger partial charge on any atom is -0.466 e. The SMILES string of the molecule is [B]CC(=O)OCCCC. The molecule has 0 aliphatic rings. The highest BCUT2D eigenvalue weighted by Gasteiger charge is 1.94. The van der Waals surface area contributed by atoms with E-state index in [-0.39, 0.29) is 12.3 Å². The van der Waals surface area contributed by atoms with Crippen molar-refractivity contribution in [1.82, 2.24) is 0 Å². The lowest BCUT2D eigenvalue weighted by Crippen LogP contribution is -2.03. The lowest BCUT2D eigenvalue weighted by Gasteiger charge is -1.99. The molecule has 0 aromatic heterocycles. The van der Waals surface area contributed by atoms with Gasteiger partial charge >= 0.3 is 0 Å². The van der Waals surface area contributed by atoms with Crippen LogP contribution in [0.1, 0.15) is 19.8 Å². The van der Waals surface area contributed by atoms with Gasteiger partial charge in [-0.3, -0.25) is 4.79 Å². The van der Waals surface area contributed by atoms with Crippen molar-refractivity contribution in [3.05, 3.63) is 0 Å². The number of rotatable bonds is 4. The third kappa shape index (κ3) is 5.41. The predicted molar refractivity (Wildman–Crippen MR) is 36.4 cm³/mol. The highest BCUT2D eigenvalue weighted by molar-refractivity contribution is 6.18. The molecule has 0 heterocycles. The average molecular weight is 126 g/mol. The van der Waals surface area contributed by atoms with Crippen LogP contribution < -0.4 is 0 Å². The molecule has 0 saturated heterocycles. The van der Waals surface area contributed by atoms with Gasteiger partial charge in [0.1, 0.15) is 0 Å². The topological polar surface area (TPSA) is 26.3 Å². The Balaban J connectivity index is 2.97. The van der Waals surface area contributed by atoms with Crippen LogP contribution in [0.25, 0.3) is 0 Å². The quantitative estimate of drug-likeness (QED) is 0.318. The Morgan fingerprint density at radius 1 is 1.67 bits per heavy atom. The monoisotopic (exact) mass is 126 g/mol. The second-order valence-corrected chi connectivity index (χ2v) is 1.78. The summed E-state index contributed by atoms with van der Waals surface area (Å²) in [5.41, 5.74) is 0. The van der Waals surface area contributed by atoms with E-state index >= 15 is 0 Å². The van der Waals surface area contributed by atoms with Crippen LogP contribution in [-0.4, -0.2) is 20.4 Å². The maximum Gasteiger partial charge on any atom is 0.296 e. The van der Waals surface area contributed by atoms with Crippen LogP contribution in [0.5, 0.6) is 0 Å². The first-order valence-electron chi connectivity index (χ1n) is 3.17. The van der Waals surface area contributed by atoms with Gasteiger partial charge in [0.05, 0.1) is 14.5 Å². The van der Waals surface area contributed by atoms with Gasteiger partial charge in [-0.1, -0.05) is 13.3 Å². The molecule has 0 atom stereocenters. The fourth-order valence-electron chi connectivity index (χ4n) is 0.389. The smallest absolute Gasteiger partial charge is 0.296 e. The Morgan fingerprint density at radius 2 is 2.33 bits per heavy atom. The molecule has 3 heteroatoms. The Hall–Kier alpha value is -0.465. The minimum atomic E-state index is -0.316. The van der Waals surface area contributed by atoms with E-state index in [9.17, 15) is 4.79 Å². The van der Waals surface area contributed by atoms with Gasteiger partial charge in [0.25, 0.3) is 5.97 Å². The predicted octanol–water partition coefficient (Wildman–Crippen LogP) is 0.916. The fraction of sp³-hybridized carbons (Fsp3) is 0.833. The summed E-state index contributed by atoms with van der Waals surface area (Å²) >= 11 is 0. The molecule has 0 fully saturated rings. The van der Waals surface area contributed by atoms with Gasteiger partial charge in [0.15, 0.2) is 0 Å². The second-order valence-electron chi connectivity index (χ2n) is 1.78. The number of hydrogen-bond donors (Lipinski definition) is 0. The summed E-state index contributed by atoms with van der Waals surface area (Å²) < 4.78 is 4.67. The number of unbranched alkanes of at least 4 members (excludes halogenated alkanes) is 1.